The molecule has 0 unspecified atom stereocenters. The van der Waals surface area contributed by atoms with E-state index in [1.807, 2.05) is 13.8 Å². The summed E-state index contributed by atoms with van der Waals surface area (Å²) in [6, 6.07) is 0. The number of ether oxygens (including phenoxy) is 1. The molecule has 0 atom stereocenters. The molecule has 0 N–H and O–H groups in total. The van der Waals surface area contributed by atoms with Crippen LogP contribution in [0.2, 0.25) is 0 Å². The van der Waals surface area contributed by atoms with Crippen molar-refractivity contribution in [3.05, 3.63) is 17.7 Å². The summed E-state index contributed by atoms with van der Waals surface area (Å²) in [6.45, 7) is 4.05. The van der Waals surface area contributed by atoms with Gasteiger partial charge in [-0.2, -0.15) is 9.47 Å². The van der Waals surface area contributed by atoms with Crippen molar-refractivity contribution < 1.29 is 9.53 Å². The Morgan fingerprint density at radius 1 is 1.50 bits per heavy atom. The summed E-state index contributed by atoms with van der Waals surface area (Å²) >= 11 is 1.26. The van der Waals surface area contributed by atoms with E-state index in [0.717, 1.165) is 5.82 Å². The van der Waals surface area contributed by atoms with E-state index >= 15 is 0 Å². The topological polar surface area (TPSA) is 69.9 Å². The molecule has 0 spiro atoms. The molecule has 2 aromatic rings. The fourth-order valence-electron chi connectivity index (χ4n) is 1.51. The molecule has 7 heteroatoms. The molecule has 2 heterocycles. The molecule has 0 fully saturated rings. The molecule has 0 aliphatic rings. The molecule has 0 bridgehead atoms. The zero-order valence-corrected chi connectivity index (χ0v) is 11.5. The van der Waals surface area contributed by atoms with Crippen molar-refractivity contribution in [1.29, 1.82) is 0 Å². The van der Waals surface area contributed by atoms with Crippen molar-refractivity contribution in [1.82, 2.24) is 19.1 Å². The SMILES string of the molecule is COC(=O)c1c(-c2nc(C(C)C)ns2)cnn1C. The summed E-state index contributed by atoms with van der Waals surface area (Å²) in [5, 5.41) is 4.76. The average Bonchev–Trinajstić information content (AvgIpc) is 2.94. The van der Waals surface area contributed by atoms with E-state index in [0.29, 0.717) is 16.3 Å². The lowest BCUT2D eigenvalue weighted by Gasteiger charge is -2.01. The van der Waals surface area contributed by atoms with E-state index in [2.05, 4.69) is 14.5 Å². The summed E-state index contributed by atoms with van der Waals surface area (Å²) in [4.78, 5) is 16.1. The fourth-order valence-corrected chi connectivity index (χ4v) is 2.33. The highest BCUT2D eigenvalue weighted by Crippen LogP contribution is 2.27. The number of aromatic nitrogens is 4. The van der Waals surface area contributed by atoms with Gasteiger partial charge in [0.15, 0.2) is 5.69 Å². The van der Waals surface area contributed by atoms with Gasteiger partial charge in [0, 0.05) is 13.0 Å². The van der Waals surface area contributed by atoms with E-state index in [1.54, 1.807) is 13.2 Å². The quantitative estimate of drug-likeness (QED) is 0.793. The van der Waals surface area contributed by atoms with Gasteiger partial charge in [-0.05, 0) is 11.5 Å². The van der Waals surface area contributed by atoms with Crippen LogP contribution < -0.4 is 0 Å². The molecular formula is C11H14N4O2S. The minimum Gasteiger partial charge on any atom is -0.464 e. The Kier molecular flexibility index (Phi) is 3.42. The van der Waals surface area contributed by atoms with Crippen molar-refractivity contribution in [3.63, 3.8) is 0 Å². The van der Waals surface area contributed by atoms with Gasteiger partial charge in [0.25, 0.3) is 0 Å². The minimum atomic E-state index is -0.425. The molecule has 0 saturated heterocycles. The Hall–Kier alpha value is -1.76. The molecule has 0 amide bonds. The first kappa shape index (κ1) is 12.7. The monoisotopic (exact) mass is 266 g/mol. The van der Waals surface area contributed by atoms with Crippen molar-refractivity contribution >= 4 is 17.5 Å². The number of rotatable bonds is 3. The zero-order valence-electron chi connectivity index (χ0n) is 10.7. The fraction of sp³-hybridized carbons (Fsp3) is 0.455. The highest BCUT2D eigenvalue weighted by Gasteiger charge is 2.21. The second-order valence-electron chi connectivity index (χ2n) is 4.13. The first-order valence-electron chi connectivity index (χ1n) is 5.49. The smallest absolute Gasteiger partial charge is 0.357 e. The molecule has 0 radical (unpaired) electrons. The molecule has 18 heavy (non-hydrogen) atoms. The van der Waals surface area contributed by atoms with E-state index in [9.17, 15) is 4.79 Å². The van der Waals surface area contributed by atoms with Crippen LogP contribution >= 0.6 is 11.5 Å². The number of hydrogen-bond donors (Lipinski definition) is 0. The van der Waals surface area contributed by atoms with Crippen LogP contribution in [0.25, 0.3) is 10.6 Å². The highest BCUT2D eigenvalue weighted by molar-refractivity contribution is 7.09. The summed E-state index contributed by atoms with van der Waals surface area (Å²) in [5.74, 6) is 0.606. The van der Waals surface area contributed by atoms with Gasteiger partial charge in [-0.25, -0.2) is 9.78 Å². The van der Waals surface area contributed by atoms with Gasteiger partial charge < -0.3 is 4.74 Å². The number of nitrogens with zero attached hydrogens (tertiary/aromatic N) is 4. The number of methoxy groups -OCH3 is 1. The Bertz CT molecular complexity index is 573. The van der Waals surface area contributed by atoms with Gasteiger partial charge >= 0.3 is 5.97 Å². The zero-order chi connectivity index (χ0) is 13.3. The molecular weight excluding hydrogens is 252 g/mol. The number of esters is 1. The first-order valence-corrected chi connectivity index (χ1v) is 6.26. The van der Waals surface area contributed by atoms with E-state index in [4.69, 9.17) is 4.74 Å². The predicted octanol–water partition coefficient (Wildman–Crippen LogP) is 1.85. The second-order valence-corrected chi connectivity index (χ2v) is 4.89. The maximum Gasteiger partial charge on any atom is 0.357 e. The van der Waals surface area contributed by atoms with Gasteiger partial charge in [0.1, 0.15) is 10.8 Å². The van der Waals surface area contributed by atoms with Crippen LogP contribution in [0.3, 0.4) is 0 Å². The Morgan fingerprint density at radius 3 is 2.78 bits per heavy atom. The predicted molar refractivity (Wildman–Crippen MR) is 67.5 cm³/mol. The van der Waals surface area contributed by atoms with Crippen LogP contribution in [0.1, 0.15) is 36.1 Å². The summed E-state index contributed by atoms with van der Waals surface area (Å²) < 4.78 is 10.5. The third-order valence-corrected chi connectivity index (χ3v) is 3.27. The number of hydrogen-bond acceptors (Lipinski definition) is 6. The van der Waals surface area contributed by atoms with Crippen molar-refractivity contribution in [2.45, 2.75) is 19.8 Å². The third kappa shape index (κ3) is 2.13. The molecule has 0 saturated carbocycles. The van der Waals surface area contributed by atoms with Crippen molar-refractivity contribution in [2.24, 2.45) is 7.05 Å². The lowest BCUT2D eigenvalue weighted by atomic mass is 10.2. The van der Waals surface area contributed by atoms with Gasteiger partial charge in [-0.15, -0.1) is 0 Å². The largest absolute Gasteiger partial charge is 0.464 e. The van der Waals surface area contributed by atoms with Crippen molar-refractivity contribution in [3.8, 4) is 10.6 Å². The lowest BCUT2D eigenvalue weighted by molar-refractivity contribution is 0.0589. The minimum absolute atomic E-state index is 0.258. The third-order valence-electron chi connectivity index (χ3n) is 2.51. The maximum atomic E-state index is 11.7. The maximum absolute atomic E-state index is 11.7. The van der Waals surface area contributed by atoms with Gasteiger partial charge in [-0.1, -0.05) is 13.8 Å². The van der Waals surface area contributed by atoms with Crippen LogP contribution in [-0.4, -0.2) is 32.2 Å². The molecule has 0 aromatic carbocycles. The Balaban J connectivity index is 2.47. The molecule has 0 aliphatic carbocycles. The van der Waals surface area contributed by atoms with Crippen LogP contribution in [0, 0.1) is 0 Å². The molecule has 96 valence electrons. The van der Waals surface area contributed by atoms with Crippen LogP contribution in [-0.2, 0) is 11.8 Å². The van der Waals surface area contributed by atoms with E-state index in [1.165, 1.54) is 23.3 Å². The second kappa shape index (κ2) is 4.85. The number of carbonyl (C=O) groups excluding carboxylic acids is 1. The molecule has 2 rings (SSSR count). The summed E-state index contributed by atoms with van der Waals surface area (Å²) in [5.41, 5.74) is 1.05. The van der Waals surface area contributed by atoms with E-state index < -0.39 is 5.97 Å². The normalized spacial score (nSPS) is 10.9. The van der Waals surface area contributed by atoms with Crippen LogP contribution in [0.5, 0.6) is 0 Å². The Morgan fingerprint density at radius 2 is 2.22 bits per heavy atom. The summed E-state index contributed by atoms with van der Waals surface area (Å²) in [6.07, 6.45) is 1.61. The van der Waals surface area contributed by atoms with Crippen molar-refractivity contribution in [2.75, 3.05) is 7.11 Å². The van der Waals surface area contributed by atoms with E-state index in [-0.39, 0.29) is 5.92 Å². The molecule has 0 aliphatic heterocycles. The standard InChI is InChI=1S/C11H14N4O2S/c1-6(2)9-13-10(18-14-9)7-5-12-15(3)8(7)11(16)17-4/h5-6H,1-4H3. The van der Waals surface area contributed by atoms with Gasteiger partial charge in [0.2, 0.25) is 0 Å². The summed E-state index contributed by atoms with van der Waals surface area (Å²) in [7, 11) is 3.04. The number of carbonyl (C=O) groups is 1. The average molecular weight is 266 g/mol. The van der Waals surface area contributed by atoms with Crippen LogP contribution in [0.15, 0.2) is 6.20 Å². The first-order chi connectivity index (χ1) is 8.54. The highest BCUT2D eigenvalue weighted by atomic mass is 32.1. The van der Waals surface area contributed by atoms with Gasteiger partial charge in [-0.3, -0.25) is 4.68 Å². The molecule has 6 nitrogen and oxygen atoms in total. The van der Waals surface area contributed by atoms with Crippen LogP contribution in [0.4, 0.5) is 0 Å². The van der Waals surface area contributed by atoms with Gasteiger partial charge in [0.05, 0.1) is 18.9 Å². The molecule has 2 aromatic heterocycles. The number of aryl methyl sites for hydroxylation is 1. The Labute approximate surface area is 109 Å². The lowest BCUT2D eigenvalue weighted by Crippen LogP contribution is -2.09.